The molecule has 0 unspecified atom stereocenters. The lowest BCUT2D eigenvalue weighted by atomic mass is 10.1. The van der Waals surface area contributed by atoms with Gasteiger partial charge in [-0.25, -0.2) is 4.98 Å². The lowest BCUT2D eigenvalue weighted by molar-refractivity contribution is -0.132. The van der Waals surface area contributed by atoms with Gasteiger partial charge in [0.2, 0.25) is 5.91 Å². The van der Waals surface area contributed by atoms with E-state index in [1.807, 2.05) is 54.3 Å². The van der Waals surface area contributed by atoms with Crippen LogP contribution in [0.4, 0.5) is 5.69 Å². The monoisotopic (exact) mass is 579 g/mol. The number of carbonyl (C=O) groups is 2. The third-order valence-electron chi connectivity index (χ3n) is 7.34. The van der Waals surface area contributed by atoms with Crippen molar-refractivity contribution < 1.29 is 23.8 Å². The average Bonchev–Trinajstić information content (AvgIpc) is 3.35. The summed E-state index contributed by atoms with van der Waals surface area (Å²) in [5.41, 5.74) is 4.22. The van der Waals surface area contributed by atoms with Crippen molar-refractivity contribution in [1.82, 2.24) is 19.8 Å². The van der Waals surface area contributed by atoms with Gasteiger partial charge in [0.05, 0.1) is 44.0 Å². The molecule has 2 aromatic carbocycles. The van der Waals surface area contributed by atoms with Crippen molar-refractivity contribution >= 4 is 28.5 Å². The lowest BCUT2D eigenvalue weighted by Gasteiger charge is -2.24. The topological polar surface area (TPSA) is 109 Å². The maximum atomic E-state index is 13.3. The van der Waals surface area contributed by atoms with Crippen molar-refractivity contribution in [2.75, 3.05) is 58.6 Å². The molecule has 1 aliphatic heterocycles. The van der Waals surface area contributed by atoms with Crippen molar-refractivity contribution in [3.63, 3.8) is 0 Å². The van der Waals surface area contributed by atoms with Gasteiger partial charge in [-0.15, -0.1) is 0 Å². The standard InChI is InChI=1S/C32H45N5O5/c1-4-6-15-40-17-19-42-20-18-41-16-9-14-37-22-25-21-24(12-13-27(25)33-26(5-2)32(37)39)31(38)36(3)23-30-34-28-10-7-8-11-29(28)35-30/h7-8,10-13,21,26,33H,4-6,9,14-20,22-23H2,1-3H3,(H,34,35)/t26-/m0/s1. The predicted octanol–water partition coefficient (Wildman–Crippen LogP) is 4.61. The molecule has 3 aromatic rings. The number of anilines is 1. The predicted molar refractivity (Wildman–Crippen MR) is 163 cm³/mol. The molecule has 0 spiro atoms. The molecular weight excluding hydrogens is 534 g/mol. The van der Waals surface area contributed by atoms with Gasteiger partial charge in [0.15, 0.2) is 0 Å². The van der Waals surface area contributed by atoms with Crippen LogP contribution in [-0.2, 0) is 32.1 Å². The summed E-state index contributed by atoms with van der Waals surface area (Å²) in [4.78, 5) is 38.0. The molecule has 0 bridgehead atoms. The molecule has 10 heteroatoms. The van der Waals surface area contributed by atoms with Crippen molar-refractivity contribution in [3.05, 3.63) is 59.4 Å². The van der Waals surface area contributed by atoms with E-state index in [-0.39, 0.29) is 17.9 Å². The van der Waals surface area contributed by atoms with Gasteiger partial charge < -0.3 is 34.3 Å². The van der Waals surface area contributed by atoms with E-state index in [1.165, 1.54) is 0 Å². The van der Waals surface area contributed by atoms with Gasteiger partial charge in [-0.1, -0.05) is 32.4 Å². The third-order valence-corrected chi connectivity index (χ3v) is 7.34. The number of carbonyl (C=O) groups excluding carboxylic acids is 2. The molecule has 0 saturated heterocycles. The third kappa shape index (κ3) is 8.77. The first-order chi connectivity index (χ1) is 20.5. The highest BCUT2D eigenvalue weighted by molar-refractivity contribution is 5.95. The van der Waals surface area contributed by atoms with Gasteiger partial charge in [-0.3, -0.25) is 9.59 Å². The number of nitrogens with one attached hydrogen (secondary N) is 2. The summed E-state index contributed by atoms with van der Waals surface area (Å²) in [6, 6.07) is 13.1. The van der Waals surface area contributed by atoms with E-state index in [0.717, 1.165) is 54.0 Å². The molecule has 228 valence electrons. The Bertz CT molecular complexity index is 1260. The number of fused-ring (bicyclic) bond motifs is 2. The minimum Gasteiger partial charge on any atom is -0.379 e. The van der Waals surface area contributed by atoms with Gasteiger partial charge in [0.1, 0.15) is 11.9 Å². The van der Waals surface area contributed by atoms with Crippen LogP contribution in [0, 0.1) is 0 Å². The lowest BCUT2D eigenvalue weighted by Crippen LogP contribution is -2.40. The molecule has 1 atom stereocenters. The van der Waals surface area contributed by atoms with Crippen LogP contribution in [0.5, 0.6) is 0 Å². The number of para-hydroxylation sites is 2. The van der Waals surface area contributed by atoms with Gasteiger partial charge in [0, 0.05) is 44.6 Å². The number of nitrogens with zero attached hydrogens (tertiary/aromatic N) is 3. The van der Waals surface area contributed by atoms with E-state index >= 15 is 0 Å². The smallest absolute Gasteiger partial charge is 0.254 e. The minimum atomic E-state index is -0.308. The van der Waals surface area contributed by atoms with Crippen LogP contribution in [0.3, 0.4) is 0 Å². The fourth-order valence-electron chi connectivity index (χ4n) is 4.96. The number of unbranched alkanes of at least 4 members (excludes halogenated alkanes) is 1. The number of hydrogen-bond donors (Lipinski definition) is 2. The molecule has 2 heterocycles. The Balaban J connectivity index is 1.28. The van der Waals surface area contributed by atoms with Crippen molar-refractivity contribution in [2.45, 2.75) is 58.7 Å². The Morgan fingerprint density at radius 3 is 2.43 bits per heavy atom. The summed E-state index contributed by atoms with van der Waals surface area (Å²) in [6.45, 7) is 9.06. The zero-order valence-corrected chi connectivity index (χ0v) is 25.2. The quantitative estimate of drug-likeness (QED) is 0.225. The van der Waals surface area contributed by atoms with Gasteiger partial charge in [-0.05, 0) is 55.2 Å². The number of ether oxygens (including phenoxy) is 3. The van der Waals surface area contributed by atoms with E-state index < -0.39 is 0 Å². The number of aromatic amines is 1. The van der Waals surface area contributed by atoms with E-state index in [1.54, 1.807) is 11.9 Å². The average molecular weight is 580 g/mol. The Morgan fingerprint density at radius 1 is 1.00 bits per heavy atom. The highest BCUT2D eigenvalue weighted by atomic mass is 16.5. The normalized spacial score (nSPS) is 15.0. The second-order valence-corrected chi connectivity index (χ2v) is 10.6. The fraction of sp³-hybridized carbons (Fsp3) is 0.531. The number of rotatable bonds is 17. The zero-order valence-electron chi connectivity index (χ0n) is 25.2. The number of imidazole rings is 1. The minimum absolute atomic E-state index is 0.0648. The highest BCUT2D eigenvalue weighted by Gasteiger charge is 2.28. The summed E-state index contributed by atoms with van der Waals surface area (Å²) in [5.74, 6) is 0.696. The van der Waals surface area contributed by atoms with Crippen LogP contribution in [0.15, 0.2) is 42.5 Å². The number of aromatic nitrogens is 2. The maximum absolute atomic E-state index is 13.3. The second-order valence-electron chi connectivity index (χ2n) is 10.6. The molecule has 0 aliphatic carbocycles. The van der Waals surface area contributed by atoms with Gasteiger partial charge in [0.25, 0.3) is 5.91 Å². The van der Waals surface area contributed by atoms with Gasteiger partial charge in [-0.2, -0.15) is 0 Å². The summed E-state index contributed by atoms with van der Waals surface area (Å²) < 4.78 is 16.8. The largest absolute Gasteiger partial charge is 0.379 e. The molecule has 1 aromatic heterocycles. The molecular formula is C32H45N5O5. The fourth-order valence-corrected chi connectivity index (χ4v) is 4.96. The molecule has 0 radical (unpaired) electrons. The Kier molecular flexibility index (Phi) is 12.2. The van der Waals surface area contributed by atoms with Gasteiger partial charge >= 0.3 is 0 Å². The van der Waals surface area contributed by atoms with Crippen LogP contribution in [0.25, 0.3) is 11.0 Å². The van der Waals surface area contributed by atoms with Crippen LogP contribution in [-0.4, -0.2) is 90.9 Å². The van der Waals surface area contributed by atoms with Crippen molar-refractivity contribution in [1.29, 1.82) is 0 Å². The first-order valence-electron chi connectivity index (χ1n) is 15.1. The van der Waals surface area contributed by atoms with Crippen molar-refractivity contribution in [2.24, 2.45) is 0 Å². The maximum Gasteiger partial charge on any atom is 0.254 e. The second kappa shape index (κ2) is 16.2. The molecule has 42 heavy (non-hydrogen) atoms. The number of H-pyrrole nitrogens is 1. The summed E-state index contributed by atoms with van der Waals surface area (Å²) >= 11 is 0. The van der Waals surface area contributed by atoms with Crippen LogP contribution >= 0.6 is 0 Å². The zero-order chi connectivity index (χ0) is 29.7. The molecule has 2 amide bonds. The Hall–Kier alpha value is -3.47. The summed E-state index contributed by atoms with van der Waals surface area (Å²) in [5, 5.41) is 3.40. The molecule has 0 fully saturated rings. The summed E-state index contributed by atoms with van der Waals surface area (Å²) in [6.07, 6.45) is 3.59. The van der Waals surface area contributed by atoms with E-state index in [9.17, 15) is 9.59 Å². The Labute approximate surface area is 248 Å². The highest BCUT2D eigenvalue weighted by Crippen LogP contribution is 2.26. The number of benzene rings is 2. The van der Waals surface area contributed by atoms with Crippen molar-refractivity contribution in [3.8, 4) is 0 Å². The molecule has 4 rings (SSSR count). The first-order valence-corrected chi connectivity index (χ1v) is 15.1. The molecule has 0 saturated carbocycles. The molecule has 10 nitrogen and oxygen atoms in total. The van der Waals surface area contributed by atoms with E-state index in [0.29, 0.717) is 64.7 Å². The van der Waals surface area contributed by atoms with Crippen LogP contribution < -0.4 is 5.32 Å². The van der Waals surface area contributed by atoms with E-state index in [4.69, 9.17) is 14.2 Å². The number of hydrogen-bond acceptors (Lipinski definition) is 7. The molecule has 2 N–H and O–H groups in total. The molecule has 1 aliphatic rings. The van der Waals surface area contributed by atoms with Crippen LogP contribution in [0.1, 0.15) is 61.3 Å². The van der Waals surface area contributed by atoms with Crippen LogP contribution in [0.2, 0.25) is 0 Å². The Morgan fingerprint density at radius 2 is 1.71 bits per heavy atom. The number of amides is 2. The summed E-state index contributed by atoms with van der Waals surface area (Å²) in [7, 11) is 1.77. The SMILES string of the molecule is CCCCOCCOCCOCCCN1Cc2cc(C(=O)N(C)Cc3nc4ccccc4[nH]3)ccc2N[C@@H](CC)C1=O. The van der Waals surface area contributed by atoms with E-state index in [2.05, 4.69) is 22.2 Å². The first kappa shape index (κ1) is 31.5.